The van der Waals surface area contributed by atoms with E-state index in [2.05, 4.69) is 4.74 Å². The van der Waals surface area contributed by atoms with Gasteiger partial charge >= 0.3 is 6.16 Å². The molecule has 1 aromatic carbocycles. The second-order valence-electron chi connectivity index (χ2n) is 8.27. The number of anilines is 1. The van der Waals surface area contributed by atoms with Crippen LogP contribution in [0.3, 0.4) is 0 Å². The van der Waals surface area contributed by atoms with Gasteiger partial charge in [-0.15, -0.1) is 12.4 Å². The molecule has 2 fully saturated rings. The molecule has 2 aromatic rings. The topological polar surface area (TPSA) is 97.8 Å². The Bertz CT molecular complexity index is 1140. The molecule has 3 N–H and O–H groups in total. The van der Waals surface area contributed by atoms with Crippen LogP contribution in [0.15, 0.2) is 23.1 Å². The molecule has 0 amide bonds. The van der Waals surface area contributed by atoms with E-state index in [1.807, 2.05) is 11.8 Å². The van der Waals surface area contributed by atoms with Crippen LogP contribution < -0.4 is 20.8 Å². The number of aromatic nitrogens is 1. The smallest absolute Gasteiger partial charge is 0.449 e. The lowest BCUT2D eigenvalue weighted by Gasteiger charge is -2.26. The Labute approximate surface area is 189 Å². The molecule has 1 aromatic heterocycles. The highest BCUT2D eigenvalue weighted by molar-refractivity contribution is 6.50. The molecule has 2 aliphatic rings. The summed E-state index contributed by atoms with van der Waals surface area (Å²) < 4.78 is 21.9. The van der Waals surface area contributed by atoms with Crippen molar-refractivity contribution in [2.24, 2.45) is 5.73 Å². The number of rotatable bonds is 4. The molecule has 1 saturated heterocycles. The van der Waals surface area contributed by atoms with E-state index in [4.69, 9.17) is 22.4 Å². The van der Waals surface area contributed by atoms with Crippen LogP contribution in [0.25, 0.3) is 15.9 Å². The summed E-state index contributed by atoms with van der Waals surface area (Å²) in [6.45, 7) is 4.66. The number of nitrogens with two attached hydrogens (primary N) is 1. The van der Waals surface area contributed by atoms with Crippen molar-refractivity contribution in [2.75, 3.05) is 18.0 Å². The van der Waals surface area contributed by atoms with Gasteiger partial charge in [-0.1, -0.05) is 17.7 Å². The van der Waals surface area contributed by atoms with Crippen LogP contribution in [-0.4, -0.2) is 34.5 Å². The van der Waals surface area contributed by atoms with Crippen molar-refractivity contribution in [1.82, 2.24) is 4.57 Å². The Morgan fingerprint density at radius 3 is 2.65 bits per heavy atom. The van der Waals surface area contributed by atoms with Gasteiger partial charge in [-0.2, -0.15) is 0 Å². The largest absolute Gasteiger partial charge is 0.511 e. The highest BCUT2D eigenvalue weighted by Gasteiger charge is 2.35. The standard InChI is InChI=1S/C21H23ClFN3O4.ClH/c1-3-13(22)16-17-12(8-14(23)18(16)25-7-6-21(2,24)10-25)19(27)15(30-20(28)29)9-26(17)11-4-5-11;/h3,8-9,11H,4-7,10,24H2,1-2H3,(H,28,29);1H/b13-3+;. The Hall–Kier alpha value is -2.29. The number of carboxylic acid groups (broad SMARTS) is 1. The molecule has 1 atom stereocenters. The van der Waals surface area contributed by atoms with Gasteiger partial charge in [0.2, 0.25) is 5.43 Å². The summed E-state index contributed by atoms with van der Waals surface area (Å²) in [4.78, 5) is 25.8. The number of nitrogens with zero attached hydrogens (tertiary/aromatic N) is 2. The van der Waals surface area contributed by atoms with Crippen molar-refractivity contribution in [2.45, 2.75) is 44.7 Å². The van der Waals surface area contributed by atoms with Crippen LogP contribution in [-0.2, 0) is 0 Å². The second kappa shape index (κ2) is 8.33. The van der Waals surface area contributed by atoms with Crippen molar-refractivity contribution in [3.63, 3.8) is 0 Å². The zero-order chi connectivity index (χ0) is 21.8. The highest BCUT2D eigenvalue weighted by Crippen LogP contribution is 2.44. The molecule has 168 valence electrons. The third-order valence-corrected chi connectivity index (χ3v) is 6.07. The molecule has 2 heterocycles. The number of hydrogen-bond donors (Lipinski definition) is 2. The molecular weight excluding hydrogens is 448 g/mol. The van der Waals surface area contributed by atoms with E-state index in [-0.39, 0.29) is 29.6 Å². The third-order valence-electron chi connectivity index (χ3n) is 5.66. The number of halogens is 3. The Morgan fingerprint density at radius 1 is 1.45 bits per heavy atom. The zero-order valence-electron chi connectivity index (χ0n) is 17.2. The molecule has 0 radical (unpaired) electrons. The predicted octanol–water partition coefficient (Wildman–Crippen LogP) is 4.48. The molecule has 1 aliphatic heterocycles. The van der Waals surface area contributed by atoms with Crippen molar-refractivity contribution >= 4 is 51.8 Å². The lowest BCUT2D eigenvalue weighted by molar-refractivity contribution is 0.143. The van der Waals surface area contributed by atoms with Gasteiger partial charge in [0.25, 0.3) is 0 Å². The van der Waals surface area contributed by atoms with Crippen molar-refractivity contribution in [3.8, 4) is 5.75 Å². The minimum atomic E-state index is -1.60. The van der Waals surface area contributed by atoms with Crippen molar-refractivity contribution in [1.29, 1.82) is 0 Å². The first kappa shape index (κ1) is 23.4. The van der Waals surface area contributed by atoms with Crippen LogP contribution in [0.5, 0.6) is 5.75 Å². The molecule has 7 nitrogen and oxygen atoms in total. The summed E-state index contributed by atoms with van der Waals surface area (Å²) in [7, 11) is 0. The van der Waals surface area contributed by atoms with Crippen molar-refractivity contribution < 1.29 is 19.0 Å². The fourth-order valence-corrected chi connectivity index (χ4v) is 4.29. The van der Waals surface area contributed by atoms with Crippen LogP contribution in [0.4, 0.5) is 14.9 Å². The first-order chi connectivity index (χ1) is 14.1. The maximum absolute atomic E-state index is 15.4. The van der Waals surface area contributed by atoms with Gasteiger partial charge in [0, 0.05) is 35.3 Å². The normalized spacial score (nSPS) is 21.3. The van der Waals surface area contributed by atoms with Crippen LogP contribution >= 0.6 is 24.0 Å². The number of hydrogen-bond acceptors (Lipinski definition) is 5. The summed E-state index contributed by atoms with van der Waals surface area (Å²) in [5.41, 5.74) is 6.31. The van der Waals surface area contributed by atoms with E-state index < -0.39 is 22.9 Å². The van der Waals surface area contributed by atoms with Crippen molar-refractivity contribution in [3.05, 3.63) is 39.9 Å². The fourth-order valence-electron chi connectivity index (χ4n) is 4.12. The van der Waals surface area contributed by atoms with Gasteiger partial charge in [-0.05, 0) is 39.2 Å². The van der Waals surface area contributed by atoms with E-state index in [1.165, 1.54) is 6.20 Å². The van der Waals surface area contributed by atoms with E-state index in [1.54, 1.807) is 17.6 Å². The lowest BCUT2D eigenvalue weighted by Crippen LogP contribution is -2.39. The molecular formula is C21H24Cl2FN3O4. The highest BCUT2D eigenvalue weighted by atomic mass is 35.5. The Kier molecular flexibility index (Phi) is 6.28. The molecule has 1 saturated carbocycles. The van der Waals surface area contributed by atoms with E-state index >= 15 is 4.39 Å². The van der Waals surface area contributed by atoms with E-state index in [9.17, 15) is 9.59 Å². The third kappa shape index (κ3) is 4.24. The predicted molar refractivity (Wildman–Crippen MR) is 121 cm³/mol. The van der Waals surface area contributed by atoms with Gasteiger partial charge in [0.05, 0.1) is 22.8 Å². The minimum absolute atomic E-state index is 0. The van der Waals surface area contributed by atoms with E-state index in [0.29, 0.717) is 41.3 Å². The number of carbonyl (C=O) groups is 1. The quantitative estimate of drug-likeness (QED) is 0.637. The van der Waals surface area contributed by atoms with Crippen LogP contribution in [0, 0.1) is 5.82 Å². The summed E-state index contributed by atoms with van der Waals surface area (Å²) in [5, 5.41) is 9.33. The zero-order valence-corrected chi connectivity index (χ0v) is 18.7. The summed E-state index contributed by atoms with van der Waals surface area (Å²) in [6.07, 6.45) is 3.84. The maximum atomic E-state index is 15.4. The molecule has 0 spiro atoms. The minimum Gasteiger partial charge on any atom is -0.449 e. The molecule has 4 rings (SSSR count). The first-order valence-electron chi connectivity index (χ1n) is 9.81. The number of allylic oxidation sites excluding steroid dienone is 1. The van der Waals surface area contributed by atoms with Gasteiger partial charge in [0.1, 0.15) is 5.82 Å². The first-order valence-corrected chi connectivity index (χ1v) is 10.2. The lowest BCUT2D eigenvalue weighted by atomic mass is 10.0. The molecule has 0 bridgehead atoms. The molecule has 10 heteroatoms. The van der Waals surface area contributed by atoms with Gasteiger partial charge in [-0.3, -0.25) is 4.79 Å². The number of pyridine rings is 1. The van der Waals surface area contributed by atoms with Gasteiger partial charge < -0.3 is 25.0 Å². The second-order valence-corrected chi connectivity index (χ2v) is 8.68. The number of fused-ring (bicyclic) bond motifs is 1. The molecule has 1 unspecified atom stereocenters. The molecule has 1 aliphatic carbocycles. The van der Waals surface area contributed by atoms with E-state index in [0.717, 1.165) is 18.9 Å². The average Bonchev–Trinajstić information content (AvgIpc) is 3.45. The summed E-state index contributed by atoms with van der Waals surface area (Å²) >= 11 is 6.57. The maximum Gasteiger partial charge on any atom is 0.511 e. The Balaban J connectivity index is 0.00000272. The van der Waals surface area contributed by atoms with Crippen LogP contribution in [0.1, 0.15) is 44.7 Å². The Morgan fingerprint density at radius 2 is 2.13 bits per heavy atom. The molecule has 31 heavy (non-hydrogen) atoms. The summed E-state index contributed by atoms with van der Waals surface area (Å²) in [5.74, 6) is -0.963. The van der Waals surface area contributed by atoms with Crippen LogP contribution in [0.2, 0.25) is 0 Å². The van der Waals surface area contributed by atoms with Gasteiger partial charge in [0.15, 0.2) is 5.75 Å². The fraction of sp³-hybridized carbons (Fsp3) is 0.429. The SMILES string of the molecule is C/C=C(/Cl)c1c(N2CCC(C)(N)C2)c(F)cc2c(=O)c(OC(=O)O)cn(C3CC3)c12.Cl. The monoisotopic (exact) mass is 471 g/mol. The average molecular weight is 472 g/mol. The summed E-state index contributed by atoms with van der Waals surface area (Å²) in [6, 6.07) is 1.21. The number of ether oxygens (including phenoxy) is 1. The number of benzene rings is 1. The van der Waals surface area contributed by atoms with Gasteiger partial charge in [-0.25, -0.2) is 9.18 Å².